The molecule has 0 atom stereocenters. The fraction of sp³-hybridized carbons (Fsp3) is 0.0476. The fourth-order valence-corrected chi connectivity index (χ4v) is 2.79. The SMILES string of the molecule is Cc1ccc(NC(=O)c2cc(Br)ccc2NC(=O)c2ccccc2)cc1. The molecule has 2 N–H and O–H groups in total. The molecular weight excluding hydrogens is 392 g/mol. The van der Waals surface area contributed by atoms with E-state index < -0.39 is 0 Å². The van der Waals surface area contributed by atoms with Crippen LogP contribution in [-0.4, -0.2) is 11.8 Å². The van der Waals surface area contributed by atoms with Gasteiger partial charge in [-0.05, 0) is 49.4 Å². The van der Waals surface area contributed by atoms with Crippen molar-refractivity contribution in [3.05, 3.63) is 94.0 Å². The number of rotatable bonds is 4. The van der Waals surface area contributed by atoms with E-state index in [1.165, 1.54) is 0 Å². The highest BCUT2D eigenvalue weighted by atomic mass is 79.9. The Kier molecular flexibility index (Phi) is 5.49. The minimum absolute atomic E-state index is 0.266. The number of amides is 2. The van der Waals surface area contributed by atoms with Crippen molar-refractivity contribution in [1.29, 1.82) is 0 Å². The summed E-state index contributed by atoms with van der Waals surface area (Å²) in [7, 11) is 0. The first kappa shape index (κ1) is 17.9. The van der Waals surface area contributed by atoms with E-state index in [4.69, 9.17) is 0 Å². The molecule has 3 aromatic carbocycles. The Hall–Kier alpha value is -2.92. The monoisotopic (exact) mass is 408 g/mol. The third-order valence-corrected chi connectivity index (χ3v) is 4.31. The maximum Gasteiger partial charge on any atom is 0.257 e. The first-order valence-corrected chi connectivity index (χ1v) is 8.86. The van der Waals surface area contributed by atoms with Crippen LogP contribution in [-0.2, 0) is 0 Å². The molecule has 3 aromatic rings. The quantitative estimate of drug-likeness (QED) is 0.618. The van der Waals surface area contributed by atoms with E-state index in [1.807, 2.05) is 37.3 Å². The lowest BCUT2D eigenvalue weighted by Crippen LogP contribution is -2.18. The van der Waals surface area contributed by atoms with Gasteiger partial charge in [0.05, 0.1) is 11.3 Å². The maximum atomic E-state index is 12.7. The number of anilines is 2. The molecule has 3 rings (SSSR count). The molecule has 0 fully saturated rings. The molecule has 5 heteroatoms. The number of carbonyl (C=O) groups excluding carboxylic acids is 2. The molecule has 4 nitrogen and oxygen atoms in total. The number of aryl methyl sites for hydroxylation is 1. The molecule has 0 heterocycles. The summed E-state index contributed by atoms with van der Waals surface area (Å²) < 4.78 is 0.754. The first-order chi connectivity index (χ1) is 12.5. The Labute approximate surface area is 160 Å². The Morgan fingerprint density at radius 2 is 1.50 bits per heavy atom. The predicted octanol–water partition coefficient (Wildman–Crippen LogP) is 5.26. The van der Waals surface area contributed by atoms with Crippen LogP contribution in [0.5, 0.6) is 0 Å². The van der Waals surface area contributed by atoms with Gasteiger partial charge in [-0.3, -0.25) is 9.59 Å². The minimum Gasteiger partial charge on any atom is -0.322 e. The number of nitrogens with one attached hydrogen (secondary N) is 2. The van der Waals surface area contributed by atoms with Crippen LogP contribution in [0.25, 0.3) is 0 Å². The van der Waals surface area contributed by atoms with Crippen LogP contribution in [0.15, 0.2) is 77.3 Å². The molecular formula is C21H17BrN2O2. The van der Waals surface area contributed by atoms with Crippen LogP contribution < -0.4 is 10.6 Å². The summed E-state index contributed by atoms with van der Waals surface area (Å²) >= 11 is 3.38. The van der Waals surface area contributed by atoms with Crippen LogP contribution >= 0.6 is 15.9 Å². The average molecular weight is 409 g/mol. The van der Waals surface area contributed by atoms with E-state index in [-0.39, 0.29) is 11.8 Å². The summed E-state index contributed by atoms with van der Waals surface area (Å²) in [6.07, 6.45) is 0. The van der Waals surface area contributed by atoms with Gasteiger partial charge in [-0.15, -0.1) is 0 Å². The Bertz CT molecular complexity index is 938. The van der Waals surface area contributed by atoms with Crippen molar-refractivity contribution < 1.29 is 9.59 Å². The van der Waals surface area contributed by atoms with Gasteiger partial charge < -0.3 is 10.6 Å². The van der Waals surface area contributed by atoms with Gasteiger partial charge in [0.1, 0.15) is 0 Å². The van der Waals surface area contributed by atoms with Crippen molar-refractivity contribution in [3.63, 3.8) is 0 Å². The molecule has 0 spiro atoms. The Morgan fingerprint density at radius 1 is 0.808 bits per heavy atom. The molecule has 0 unspecified atom stereocenters. The van der Waals surface area contributed by atoms with E-state index >= 15 is 0 Å². The van der Waals surface area contributed by atoms with Crippen LogP contribution in [0.4, 0.5) is 11.4 Å². The maximum absolute atomic E-state index is 12.7. The molecule has 0 radical (unpaired) electrons. The lowest BCUT2D eigenvalue weighted by Gasteiger charge is -2.12. The van der Waals surface area contributed by atoms with E-state index in [2.05, 4.69) is 26.6 Å². The molecule has 0 aliphatic carbocycles. The average Bonchev–Trinajstić information content (AvgIpc) is 2.65. The third kappa shape index (κ3) is 4.37. The number of hydrogen-bond acceptors (Lipinski definition) is 2. The molecule has 26 heavy (non-hydrogen) atoms. The van der Waals surface area contributed by atoms with Crippen LogP contribution in [0.3, 0.4) is 0 Å². The van der Waals surface area contributed by atoms with Crippen molar-refractivity contribution in [2.24, 2.45) is 0 Å². The minimum atomic E-state index is -0.293. The van der Waals surface area contributed by atoms with Crippen LogP contribution in [0.1, 0.15) is 26.3 Å². The third-order valence-electron chi connectivity index (χ3n) is 3.82. The summed E-state index contributed by atoms with van der Waals surface area (Å²) in [6, 6.07) is 21.6. The van der Waals surface area contributed by atoms with Gasteiger partial charge in [0, 0.05) is 15.7 Å². The topological polar surface area (TPSA) is 58.2 Å². The molecule has 130 valence electrons. The van der Waals surface area contributed by atoms with E-state index in [0.717, 1.165) is 10.0 Å². The lowest BCUT2D eigenvalue weighted by molar-refractivity contribution is 0.102. The van der Waals surface area contributed by atoms with Gasteiger partial charge in [-0.2, -0.15) is 0 Å². The molecule has 0 aliphatic rings. The zero-order valence-electron chi connectivity index (χ0n) is 14.1. The summed E-state index contributed by atoms with van der Waals surface area (Å²) in [5, 5.41) is 5.66. The second-order valence-corrected chi connectivity index (χ2v) is 6.75. The van der Waals surface area contributed by atoms with Gasteiger partial charge in [-0.1, -0.05) is 51.8 Å². The number of halogens is 1. The van der Waals surface area contributed by atoms with Crippen molar-refractivity contribution in [2.75, 3.05) is 10.6 Å². The largest absolute Gasteiger partial charge is 0.322 e. The molecule has 0 aliphatic heterocycles. The zero-order chi connectivity index (χ0) is 18.5. The highest BCUT2D eigenvalue weighted by Crippen LogP contribution is 2.23. The van der Waals surface area contributed by atoms with Gasteiger partial charge >= 0.3 is 0 Å². The summed E-state index contributed by atoms with van der Waals surface area (Å²) in [5.41, 5.74) is 3.17. The second kappa shape index (κ2) is 7.97. The smallest absolute Gasteiger partial charge is 0.257 e. The number of hydrogen-bond donors (Lipinski definition) is 2. The van der Waals surface area contributed by atoms with E-state index in [0.29, 0.717) is 22.5 Å². The van der Waals surface area contributed by atoms with Crippen LogP contribution in [0, 0.1) is 6.92 Å². The lowest BCUT2D eigenvalue weighted by atomic mass is 10.1. The number of carbonyl (C=O) groups is 2. The highest BCUT2D eigenvalue weighted by molar-refractivity contribution is 9.10. The van der Waals surface area contributed by atoms with Gasteiger partial charge in [-0.25, -0.2) is 0 Å². The molecule has 0 saturated carbocycles. The van der Waals surface area contributed by atoms with Crippen molar-refractivity contribution >= 4 is 39.1 Å². The summed E-state index contributed by atoms with van der Waals surface area (Å²) in [6.45, 7) is 1.98. The van der Waals surface area contributed by atoms with Gasteiger partial charge in [0.25, 0.3) is 11.8 Å². The van der Waals surface area contributed by atoms with E-state index in [9.17, 15) is 9.59 Å². The van der Waals surface area contributed by atoms with Crippen LogP contribution in [0.2, 0.25) is 0 Å². The van der Waals surface area contributed by atoms with Gasteiger partial charge in [0.15, 0.2) is 0 Å². The molecule has 0 bridgehead atoms. The van der Waals surface area contributed by atoms with Crippen molar-refractivity contribution in [1.82, 2.24) is 0 Å². The Morgan fingerprint density at radius 3 is 2.19 bits per heavy atom. The van der Waals surface area contributed by atoms with Crippen molar-refractivity contribution in [3.8, 4) is 0 Å². The first-order valence-electron chi connectivity index (χ1n) is 8.07. The predicted molar refractivity (Wildman–Crippen MR) is 108 cm³/mol. The summed E-state index contributed by atoms with van der Waals surface area (Å²) in [5.74, 6) is -0.559. The van der Waals surface area contributed by atoms with E-state index in [1.54, 1.807) is 42.5 Å². The van der Waals surface area contributed by atoms with Gasteiger partial charge in [0.2, 0.25) is 0 Å². The zero-order valence-corrected chi connectivity index (χ0v) is 15.7. The molecule has 2 amide bonds. The normalized spacial score (nSPS) is 10.2. The summed E-state index contributed by atoms with van der Waals surface area (Å²) in [4.78, 5) is 25.1. The Balaban J connectivity index is 1.84. The number of benzene rings is 3. The standard InChI is InChI=1S/C21H17BrN2O2/c1-14-7-10-17(11-8-14)23-21(26)18-13-16(22)9-12-19(18)24-20(25)15-5-3-2-4-6-15/h2-13H,1H3,(H,23,26)(H,24,25). The molecule has 0 saturated heterocycles. The highest BCUT2D eigenvalue weighted by Gasteiger charge is 2.15. The fourth-order valence-electron chi connectivity index (χ4n) is 2.43. The van der Waals surface area contributed by atoms with Crippen molar-refractivity contribution in [2.45, 2.75) is 6.92 Å². The molecule has 0 aromatic heterocycles. The second-order valence-electron chi connectivity index (χ2n) is 5.83.